The zero-order valence-electron chi connectivity index (χ0n) is 12.9. The Morgan fingerprint density at radius 1 is 1.14 bits per heavy atom. The molecule has 6 heteroatoms. The highest BCUT2D eigenvalue weighted by atomic mass is 32.2. The third kappa shape index (κ3) is 4.77. The highest BCUT2D eigenvalue weighted by Gasteiger charge is 2.26. The Kier molecular flexibility index (Phi) is 6.22. The molecule has 2 rings (SSSR count). The first-order valence-electron chi connectivity index (χ1n) is 7.89. The van der Waals surface area contributed by atoms with Crippen molar-refractivity contribution in [3.05, 3.63) is 17.0 Å². The lowest BCUT2D eigenvalue weighted by atomic mass is 9.92. The number of rotatable bonds is 7. The quantitative estimate of drug-likeness (QED) is 0.808. The molecule has 0 radical (unpaired) electrons. The van der Waals surface area contributed by atoms with Gasteiger partial charge < -0.3 is 5.32 Å². The first-order chi connectivity index (χ1) is 10.0. The summed E-state index contributed by atoms with van der Waals surface area (Å²) in [6, 6.07) is 4.27. The fourth-order valence-corrected chi connectivity index (χ4v) is 5.35. The molecule has 1 fully saturated rings. The summed E-state index contributed by atoms with van der Waals surface area (Å²) in [4.78, 5) is 1.11. The molecule has 0 spiro atoms. The fourth-order valence-electron chi connectivity index (χ4n) is 2.73. The molecule has 0 unspecified atom stereocenters. The van der Waals surface area contributed by atoms with Crippen molar-refractivity contribution in [2.24, 2.45) is 0 Å². The molecule has 0 aliphatic heterocycles. The van der Waals surface area contributed by atoms with Gasteiger partial charge in [0.15, 0.2) is 0 Å². The van der Waals surface area contributed by atoms with Crippen molar-refractivity contribution in [2.45, 2.75) is 68.7 Å². The summed E-state index contributed by atoms with van der Waals surface area (Å²) in [5, 5.41) is 3.52. The first-order valence-corrected chi connectivity index (χ1v) is 10.2. The molecule has 4 nitrogen and oxygen atoms in total. The number of aryl methyl sites for hydroxylation is 1. The summed E-state index contributed by atoms with van der Waals surface area (Å²) >= 11 is 1.38. The van der Waals surface area contributed by atoms with E-state index in [1.165, 1.54) is 11.3 Å². The highest BCUT2D eigenvalue weighted by Crippen LogP contribution is 2.25. The van der Waals surface area contributed by atoms with E-state index in [0.29, 0.717) is 10.3 Å². The summed E-state index contributed by atoms with van der Waals surface area (Å²) in [5.41, 5.74) is 0. The maximum Gasteiger partial charge on any atom is 0.250 e. The Hall–Kier alpha value is -0.430. The van der Waals surface area contributed by atoms with Crippen LogP contribution in [0.15, 0.2) is 16.3 Å². The Labute approximate surface area is 132 Å². The minimum Gasteiger partial charge on any atom is -0.314 e. The Bertz CT molecular complexity index is 532. The van der Waals surface area contributed by atoms with Crippen LogP contribution < -0.4 is 10.0 Å². The predicted octanol–water partition coefficient (Wildman–Crippen LogP) is 2.90. The Balaban J connectivity index is 1.87. The summed E-state index contributed by atoms with van der Waals surface area (Å²) in [5.74, 6) is 0. The second kappa shape index (κ2) is 7.72. The van der Waals surface area contributed by atoms with Gasteiger partial charge in [0.1, 0.15) is 4.21 Å². The van der Waals surface area contributed by atoms with Gasteiger partial charge in [-0.05, 0) is 57.2 Å². The molecule has 1 aliphatic carbocycles. The summed E-state index contributed by atoms with van der Waals surface area (Å²) < 4.78 is 28.1. The van der Waals surface area contributed by atoms with Crippen LogP contribution in [0.1, 0.15) is 50.8 Å². The van der Waals surface area contributed by atoms with Crippen molar-refractivity contribution in [3.8, 4) is 0 Å². The number of nitrogens with one attached hydrogen (secondary N) is 2. The van der Waals surface area contributed by atoms with Gasteiger partial charge >= 0.3 is 0 Å². The molecule has 1 heterocycles. The maximum atomic E-state index is 12.4. The third-order valence-corrected chi connectivity index (χ3v) is 7.22. The van der Waals surface area contributed by atoms with E-state index < -0.39 is 10.0 Å². The van der Waals surface area contributed by atoms with Crippen molar-refractivity contribution in [1.29, 1.82) is 0 Å². The summed E-state index contributed by atoms with van der Waals surface area (Å²) in [6.07, 6.45) is 5.98. The molecule has 0 bridgehead atoms. The van der Waals surface area contributed by atoms with Crippen molar-refractivity contribution in [1.82, 2.24) is 10.0 Å². The van der Waals surface area contributed by atoms with Gasteiger partial charge in [0.25, 0.3) is 0 Å². The number of hydrogen-bond acceptors (Lipinski definition) is 4. The van der Waals surface area contributed by atoms with Crippen LogP contribution in [0.5, 0.6) is 0 Å². The molecule has 0 saturated heterocycles. The second-order valence-electron chi connectivity index (χ2n) is 5.70. The minimum absolute atomic E-state index is 0.0850. The molecular formula is C15H26N2O2S2. The van der Waals surface area contributed by atoms with Crippen molar-refractivity contribution in [2.75, 3.05) is 6.54 Å². The molecular weight excluding hydrogens is 304 g/mol. The molecule has 120 valence electrons. The molecule has 1 saturated carbocycles. The molecule has 2 N–H and O–H groups in total. The van der Waals surface area contributed by atoms with Gasteiger partial charge in [0.2, 0.25) is 10.0 Å². The molecule has 0 aromatic carbocycles. The standard InChI is InChI=1S/C15H26N2O2S2/c1-3-11-16-12-5-7-13(8-6-12)17-21(18,19)15-10-9-14(4-2)20-15/h9-10,12-13,16-17H,3-8,11H2,1-2H3. The van der Waals surface area contributed by atoms with Crippen LogP contribution in [0.25, 0.3) is 0 Å². The van der Waals surface area contributed by atoms with E-state index in [1.54, 1.807) is 6.07 Å². The SMILES string of the molecule is CCCNC1CCC(NS(=O)(=O)c2ccc(CC)s2)CC1. The van der Waals surface area contributed by atoms with Crippen molar-refractivity contribution >= 4 is 21.4 Å². The van der Waals surface area contributed by atoms with Crippen LogP contribution in [0.3, 0.4) is 0 Å². The van der Waals surface area contributed by atoms with E-state index in [0.717, 1.165) is 49.9 Å². The van der Waals surface area contributed by atoms with Crippen LogP contribution in [0, 0.1) is 0 Å². The van der Waals surface area contributed by atoms with Crippen LogP contribution >= 0.6 is 11.3 Å². The van der Waals surface area contributed by atoms with E-state index in [9.17, 15) is 8.42 Å². The van der Waals surface area contributed by atoms with Crippen LogP contribution in [0.2, 0.25) is 0 Å². The average Bonchev–Trinajstić information content (AvgIpc) is 2.96. The summed E-state index contributed by atoms with van der Waals surface area (Å²) in [7, 11) is -3.34. The van der Waals surface area contributed by atoms with Gasteiger partial charge in [-0.25, -0.2) is 13.1 Å². The normalized spacial score (nSPS) is 23.3. The Morgan fingerprint density at radius 3 is 2.38 bits per heavy atom. The van der Waals surface area contributed by atoms with Gasteiger partial charge in [-0.15, -0.1) is 11.3 Å². The molecule has 1 aliphatic rings. The first kappa shape index (κ1) is 16.9. The second-order valence-corrected chi connectivity index (χ2v) is 8.81. The van der Waals surface area contributed by atoms with Gasteiger partial charge in [-0.2, -0.15) is 0 Å². The topological polar surface area (TPSA) is 58.2 Å². The zero-order chi connectivity index (χ0) is 15.3. The lowest BCUT2D eigenvalue weighted by molar-refractivity contribution is 0.330. The smallest absolute Gasteiger partial charge is 0.250 e. The number of sulfonamides is 1. The van der Waals surface area contributed by atoms with E-state index in [4.69, 9.17) is 0 Å². The summed E-state index contributed by atoms with van der Waals surface area (Å²) in [6.45, 7) is 5.26. The maximum absolute atomic E-state index is 12.4. The molecule has 0 amide bonds. The molecule has 1 aromatic heterocycles. The van der Waals surface area contributed by atoms with Gasteiger partial charge in [0.05, 0.1) is 0 Å². The molecule has 1 aromatic rings. The Morgan fingerprint density at radius 2 is 1.81 bits per heavy atom. The molecule has 21 heavy (non-hydrogen) atoms. The third-order valence-electron chi connectivity index (χ3n) is 3.98. The number of hydrogen-bond donors (Lipinski definition) is 2. The van der Waals surface area contributed by atoms with E-state index in [1.807, 2.05) is 13.0 Å². The van der Waals surface area contributed by atoms with Crippen LogP contribution in [-0.4, -0.2) is 27.0 Å². The van der Waals surface area contributed by atoms with E-state index >= 15 is 0 Å². The number of thiophene rings is 1. The van der Waals surface area contributed by atoms with Gasteiger partial charge in [-0.3, -0.25) is 0 Å². The predicted molar refractivity (Wildman–Crippen MR) is 88.4 cm³/mol. The van der Waals surface area contributed by atoms with Crippen LogP contribution in [-0.2, 0) is 16.4 Å². The van der Waals surface area contributed by atoms with Crippen molar-refractivity contribution < 1.29 is 8.42 Å². The highest BCUT2D eigenvalue weighted by molar-refractivity contribution is 7.91. The lowest BCUT2D eigenvalue weighted by Gasteiger charge is -2.29. The largest absolute Gasteiger partial charge is 0.314 e. The van der Waals surface area contributed by atoms with E-state index in [2.05, 4.69) is 17.0 Å². The van der Waals surface area contributed by atoms with E-state index in [-0.39, 0.29) is 6.04 Å². The van der Waals surface area contributed by atoms with Crippen molar-refractivity contribution in [3.63, 3.8) is 0 Å². The average molecular weight is 331 g/mol. The monoisotopic (exact) mass is 330 g/mol. The van der Waals surface area contributed by atoms with Crippen LogP contribution in [0.4, 0.5) is 0 Å². The molecule has 0 atom stereocenters. The lowest BCUT2D eigenvalue weighted by Crippen LogP contribution is -2.42. The van der Waals surface area contributed by atoms with Gasteiger partial charge in [-0.1, -0.05) is 13.8 Å². The fraction of sp³-hybridized carbons (Fsp3) is 0.733. The zero-order valence-corrected chi connectivity index (χ0v) is 14.5. The van der Waals surface area contributed by atoms with Gasteiger partial charge in [0, 0.05) is 17.0 Å². The minimum atomic E-state index is -3.34.